The van der Waals surface area contributed by atoms with E-state index in [1.165, 1.54) is 11.1 Å². The Kier molecular flexibility index (Phi) is 10.1. The van der Waals surface area contributed by atoms with Crippen molar-refractivity contribution in [2.24, 2.45) is 5.41 Å². The van der Waals surface area contributed by atoms with E-state index in [4.69, 9.17) is 16.6 Å². The second-order valence-corrected chi connectivity index (χ2v) is 12.6. The normalized spacial score (nSPS) is 13.5. The first-order valence-electron chi connectivity index (χ1n) is 13.5. The molecule has 40 heavy (non-hydrogen) atoms. The molecule has 0 saturated carbocycles. The van der Waals surface area contributed by atoms with Crippen molar-refractivity contribution >= 4 is 52.4 Å². The molecule has 0 aliphatic carbocycles. The molecule has 0 spiro atoms. The van der Waals surface area contributed by atoms with Gasteiger partial charge < -0.3 is 10.2 Å². The molecule has 208 valence electrons. The maximum atomic E-state index is 11.8. The fourth-order valence-corrected chi connectivity index (χ4v) is 6.10. The molecule has 0 saturated heterocycles. The molecule has 4 nitrogen and oxygen atoms in total. The van der Waals surface area contributed by atoms with Crippen LogP contribution in [0.15, 0.2) is 78.9 Å². The van der Waals surface area contributed by atoms with E-state index in [1.54, 1.807) is 25.6 Å². The minimum atomic E-state index is -0.824. The molecule has 2 atom stereocenters. The van der Waals surface area contributed by atoms with Gasteiger partial charge in [-0.05, 0) is 86.6 Å². The summed E-state index contributed by atoms with van der Waals surface area (Å²) in [5, 5.41) is 21.5. The molecule has 0 fully saturated rings. The molecule has 0 aliphatic rings. The van der Waals surface area contributed by atoms with Crippen molar-refractivity contribution in [3.63, 3.8) is 0 Å². The lowest BCUT2D eigenvalue weighted by Gasteiger charge is -2.24. The van der Waals surface area contributed by atoms with Crippen LogP contribution in [-0.4, -0.2) is 33.0 Å². The molecule has 0 aliphatic heterocycles. The highest BCUT2D eigenvalue weighted by Crippen LogP contribution is 2.38. The zero-order chi connectivity index (χ0) is 28.7. The number of halogens is 1. The monoisotopic (exact) mass is 573 g/mol. The summed E-state index contributed by atoms with van der Waals surface area (Å²) in [6.45, 7) is 5.37. The van der Waals surface area contributed by atoms with Gasteiger partial charge in [0.25, 0.3) is 0 Å². The number of pyridine rings is 1. The van der Waals surface area contributed by atoms with Crippen LogP contribution in [0.3, 0.4) is 0 Å². The van der Waals surface area contributed by atoms with Crippen LogP contribution >= 0.6 is 23.4 Å². The van der Waals surface area contributed by atoms with E-state index in [0.717, 1.165) is 40.6 Å². The topological polar surface area (TPSA) is 70.4 Å². The van der Waals surface area contributed by atoms with E-state index in [-0.39, 0.29) is 5.25 Å². The predicted octanol–water partition coefficient (Wildman–Crippen LogP) is 8.50. The van der Waals surface area contributed by atoms with Crippen molar-refractivity contribution in [2.45, 2.75) is 51.4 Å². The Morgan fingerprint density at radius 3 is 2.50 bits per heavy atom. The maximum Gasteiger partial charge on any atom is 0.309 e. The molecule has 2 unspecified atom stereocenters. The molecule has 4 rings (SSSR count). The van der Waals surface area contributed by atoms with Crippen molar-refractivity contribution in [1.82, 2.24) is 4.98 Å². The van der Waals surface area contributed by atoms with E-state index >= 15 is 0 Å². The molecule has 4 aromatic rings. The van der Waals surface area contributed by atoms with Crippen LogP contribution in [0.2, 0.25) is 5.02 Å². The standard InChI is InChI=1S/C34H36ClNO3S/c1-23(37)19-27-9-5-4-8-25(27)14-18-32(40-22-34(2,3)33(38)39)28-10-6-7-24(20-28)11-16-30-17-13-26-12-15-29(35)21-31(26)36-30/h4-13,15-17,20-21,23,32,37H,14,18-19,22H2,1-3H3,(H,38,39). The van der Waals surface area contributed by atoms with Crippen LogP contribution in [-0.2, 0) is 17.6 Å². The van der Waals surface area contributed by atoms with Crippen LogP contribution in [0.5, 0.6) is 0 Å². The van der Waals surface area contributed by atoms with Crippen LogP contribution in [0, 0.1) is 5.41 Å². The molecule has 0 radical (unpaired) electrons. The second kappa shape index (κ2) is 13.5. The average molecular weight is 574 g/mol. The zero-order valence-corrected chi connectivity index (χ0v) is 24.8. The number of aromatic nitrogens is 1. The van der Waals surface area contributed by atoms with E-state index in [9.17, 15) is 15.0 Å². The number of carboxylic acid groups (broad SMARTS) is 1. The van der Waals surface area contributed by atoms with Gasteiger partial charge in [0.05, 0.1) is 22.7 Å². The third-order valence-electron chi connectivity index (χ3n) is 6.94. The average Bonchev–Trinajstić information content (AvgIpc) is 2.92. The maximum absolute atomic E-state index is 11.8. The summed E-state index contributed by atoms with van der Waals surface area (Å²) in [6, 6.07) is 26.4. The lowest BCUT2D eigenvalue weighted by atomic mass is 9.96. The first-order chi connectivity index (χ1) is 19.1. The van der Waals surface area contributed by atoms with Crippen molar-refractivity contribution < 1.29 is 15.0 Å². The molecule has 1 heterocycles. The predicted molar refractivity (Wildman–Crippen MR) is 169 cm³/mol. The number of thioether (sulfide) groups is 1. The number of fused-ring (bicyclic) bond motifs is 1. The van der Waals surface area contributed by atoms with Gasteiger partial charge in [0.15, 0.2) is 0 Å². The van der Waals surface area contributed by atoms with Gasteiger partial charge in [0.2, 0.25) is 0 Å². The van der Waals surface area contributed by atoms with Gasteiger partial charge in [-0.25, -0.2) is 4.98 Å². The highest BCUT2D eigenvalue weighted by Gasteiger charge is 2.29. The highest BCUT2D eigenvalue weighted by molar-refractivity contribution is 7.99. The summed E-state index contributed by atoms with van der Waals surface area (Å²) in [4.78, 5) is 16.5. The third kappa shape index (κ3) is 8.20. The van der Waals surface area contributed by atoms with Gasteiger partial charge >= 0.3 is 5.97 Å². The van der Waals surface area contributed by atoms with Crippen LogP contribution in [0.1, 0.15) is 60.4 Å². The van der Waals surface area contributed by atoms with E-state index < -0.39 is 17.5 Å². The zero-order valence-electron chi connectivity index (χ0n) is 23.2. The lowest BCUT2D eigenvalue weighted by molar-refractivity contribution is -0.145. The molecule has 2 N–H and O–H groups in total. The van der Waals surface area contributed by atoms with Crippen molar-refractivity contribution in [3.8, 4) is 0 Å². The number of aryl methyl sites for hydroxylation is 1. The number of aliphatic hydroxyl groups excluding tert-OH is 1. The van der Waals surface area contributed by atoms with Crippen molar-refractivity contribution in [3.05, 3.63) is 112 Å². The summed E-state index contributed by atoms with van der Waals surface area (Å²) in [6.07, 6.45) is 5.98. The third-order valence-corrected chi connectivity index (χ3v) is 8.97. The summed E-state index contributed by atoms with van der Waals surface area (Å²) in [5.74, 6) is -0.284. The van der Waals surface area contributed by atoms with Crippen LogP contribution in [0.25, 0.3) is 23.1 Å². The fourth-order valence-electron chi connectivity index (χ4n) is 4.57. The van der Waals surface area contributed by atoms with Crippen LogP contribution < -0.4 is 0 Å². The number of carbonyl (C=O) groups is 1. The van der Waals surface area contributed by atoms with Gasteiger partial charge in [-0.15, -0.1) is 0 Å². The molecule has 0 amide bonds. The molecule has 1 aromatic heterocycles. The molecule has 0 bridgehead atoms. The summed E-state index contributed by atoms with van der Waals surface area (Å²) in [7, 11) is 0. The molecular formula is C34H36ClNO3S. The van der Waals surface area contributed by atoms with Crippen LogP contribution in [0.4, 0.5) is 0 Å². The summed E-state index contributed by atoms with van der Waals surface area (Å²) >= 11 is 7.85. The SMILES string of the molecule is CC(O)Cc1ccccc1CCC(SCC(C)(C)C(=O)O)c1cccc(C=Cc2ccc3ccc(Cl)cc3n2)c1. The van der Waals surface area contributed by atoms with Gasteiger partial charge in [-0.2, -0.15) is 11.8 Å². The number of aliphatic hydroxyl groups is 1. The van der Waals surface area contributed by atoms with Gasteiger partial charge in [-0.3, -0.25) is 4.79 Å². The Labute approximate surface area is 246 Å². The number of rotatable bonds is 12. The number of nitrogens with zero attached hydrogens (tertiary/aromatic N) is 1. The van der Waals surface area contributed by atoms with Gasteiger partial charge in [-0.1, -0.05) is 78.3 Å². The molecule has 6 heteroatoms. The summed E-state index contributed by atoms with van der Waals surface area (Å²) in [5.41, 5.74) is 5.50. The van der Waals surface area contributed by atoms with E-state index in [0.29, 0.717) is 17.2 Å². The molecule has 3 aromatic carbocycles. The first-order valence-corrected chi connectivity index (χ1v) is 15.0. The number of aliphatic carboxylic acids is 1. The van der Waals surface area contributed by atoms with E-state index in [2.05, 4.69) is 42.5 Å². The lowest BCUT2D eigenvalue weighted by Crippen LogP contribution is -2.26. The first kappa shape index (κ1) is 29.9. The minimum absolute atomic E-state index is 0.118. The number of benzene rings is 3. The Morgan fingerprint density at radius 2 is 1.75 bits per heavy atom. The Bertz CT molecular complexity index is 1500. The smallest absolute Gasteiger partial charge is 0.309 e. The quantitative estimate of drug-likeness (QED) is 0.178. The number of hydrogen-bond donors (Lipinski definition) is 2. The summed E-state index contributed by atoms with van der Waals surface area (Å²) < 4.78 is 0. The van der Waals surface area contributed by atoms with Crippen molar-refractivity contribution in [1.29, 1.82) is 0 Å². The number of hydrogen-bond acceptors (Lipinski definition) is 4. The Hall–Kier alpha value is -3.12. The Balaban J connectivity index is 1.56. The van der Waals surface area contributed by atoms with E-state index in [1.807, 2.05) is 55.5 Å². The van der Waals surface area contributed by atoms with Gasteiger partial charge in [0, 0.05) is 21.4 Å². The molecular weight excluding hydrogens is 538 g/mol. The number of carboxylic acids is 1. The largest absolute Gasteiger partial charge is 0.481 e. The minimum Gasteiger partial charge on any atom is -0.481 e. The highest BCUT2D eigenvalue weighted by atomic mass is 35.5. The fraction of sp³-hybridized carbons (Fsp3) is 0.294. The van der Waals surface area contributed by atoms with Gasteiger partial charge in [0.1, 0.15) is 0 Å². The Morgan fingerprint density at radius 1 is 1.00 bits per heavy atom. The van der Waals surface area contributed by atoms with Crippen molar-refractivity contribution in [2.75, 3.05) is 5.75 Å². The second-order valence-electron chi connectivity index (χ2n) is 10.9.